The molecule has 25 heavy (non-hydrogen) atoms. The molecule has 0 aliphatic carbocycles. The second kappa shape index (κ2) is 7.87. The van der Waals surface area contributed by atoms with Crippen LogP contribution in [0.1, 0.15) is 43.7 Å². The monoisotopic (exact) mass is 358 g/mol. The number of nitrogens with one attached hydrogen (secondary N) is 1. The fraction of sp³-hybridized carbons (Fsp3) is 0.474. The van der Waals surface area contributed by atoms with Gasteiger partial charge in [-0.25, -0.2) is 9.78 Å². The zero-order valence-electron chi connectivity index (χ0n) is 15.2. The van der Waals surface area contributed by atoms with Crippen molar-refractivity contribution in [1.29, 1.82) is 0 Å². The third-order valence-electron chi connectivity index (χ3n) is 4.83. The molecule has 1 unspecified atom stereocenters. The largest absolute Gasteiger partial charge is 0.357 e. The van der Waals surface area contributed by atoms with Crippen LogP contribution in [0.15, 0.2) is 29.8 Å². The molecule has 134 valence electrons. The molecule has 3 heterocycles. The lowest BCUT2D eigenvalue weighted by molar-refractivity contribution is 0.181. The molecule has 2 amide bonds. The van der Waals surface area contributed by atoms with Crippen LogP contribution in [-0.2, 0) is 6.42 Å². The maximum atomic E-state index is 12.8. The third-order valence-corrected chi connectivity index (χ3v) is 5.83. The van der Waals surface area contributed by atoms with E-state index in [2.05, 4.69) is 47.4 Å². The molecule has 0 radical (unpaired) electrons. The maximum Gasteiger partial charge on any atom is 0.322 e. The van der Waals surface area contributed by atoms with Crippen molar-refractivity contribution in [2.45, 2.75) is 39.7 Å². The fourth-order valence-electron chi connectivity index (χ4n) is 3.47. The van der Waals surface area contributed by atoms with E-state index in [4.69, 9.17) is 0 Å². The Hall–Kier alpha value is -2.08. The molecule has 3 rings (SSSR count). The van der Waals surface area contributed by atoms with Crippen LogP contribution in [0, 0.1) is 0 Å². The minimum Gasteiger partial charge on any atom is -0.357 e. The number of nitrogens with zero attached hydrogens (tertiary/aromatic N) is 3. The number of anilines is 2. The smallest absolute Gasteiger partial charge is 0.322 e. The molecule has 1 atom stereocenters. The summed E-state index contributed by atoms with van der Waals surface area (Å²) in [5.74, 6) is 0.940. The van der Waals surface area contributed by atoms with E-state index in [-0.39, 0.29) is 12.1 Å². The Kier molecular flexibility index (Phi) is 5.58. The Morgan fingerprint density at radius 1 is 1.32 bits per heavy atom. The summed E-state index contributed by atoms with van der Waals surface area (Å²) in [5.41, 5.74) is 2.05. The fourth-order valence-corrected chi connectivity index (χ4v) is 4.40. The van der Waals surface area contributed by atoms with Crippen LogP contribution in [0.5, 0.6) is 0 Å². The van der Waals surface area contributed by atoms with Crippen molar-refractivity contribution < 1.29 is 4.79 Å². The summed E-state index contributed by atoms with van der Waals surface area (Å²) in [6.45, 7) is 8.97. The molecule has 0 saturated carbocycles. The standard InChI is InChI=1S/C19H26N4OS/c1-4-16-15-10-12-25-17(15)9-11-23(16)19(24)21-14-7-8-18(20-13-14)22(5-2)6-3/h7-8,10,12-13,16H,4-6,9,11H2,1-3H3,(H,21,24). The van der Waals surface area contributed by atoms with Gasteiger partial charge in [0.05, 0.1) is 17.9 Å². The second-order valence-corrected chi connectivity index (χ2v) is 7.17. The van der Waals surface area contributed by atoms with Gasteiger partial charge >= 0.3 is 6.03 Å². The van der Waals surface area contributed by atoms with Gasteiger partial charge in [0.25, 0.3) is 0 Å². The highest BCUT2D eigenvalue weighted by molar-refractivity contribution is 7.10. The molecule has 0 saturated heterocycles. The highest BCUT2D eigenvalue weighted by atomic mass is 32.1. The summed E-state index contributed by atoms with van der Waals surface area (Å²) < 4.78 is 0. The normalized spacial score (nSPS) is 16.4. The molecular formula is C19H26N4OS. The number of rotatable bonds is 5. The zero-order valence-corrected chi connectivity index (χ0v) is 16.0. The van der Waals surface area contributed by atoms with Gasteiger partial charge in [0.2, 0.25) is 0 Å². The highest BCUT2D eigenvalue weighted by Gasteiger charge is 2.30. The molecule has 6 heteroatoms. The molecule has 2 aromatic rings. The number of carbonyl (C=O) groups excluding carboxylic acids is 1. The van der Waals surface area contributed by atoms with Gasteiger partial charge in [-0.1, -0.05) is 6.92 Å². The van der Waals surface area contributed by atoms with Crippen molar-refractivity contribution in [3.63, 3.8) is 0 Å². The van der Waals surface area contributed by atoms with Crippen molar-refractivity contribution in [3.8, 4) is 0 Å². The second-order valence-electron chi connectivity index (χ2n) is 6.17. The lowest BCUT2D eigenvalue weighted by Crippen LogP contribution is -2.41. The lowest BCUT2D eigenvalue weighted by Gasteiger charge is -2.35. The maximum absolute atomic E-state index is 12.8. The Morgan fingerprint density at radius 2 is 2.12 bits per heavy atom. The number of urea groups is 1. The van der Waals surface area contributed by atoms with E-state index in [1.165, 1.54) is 10.4 Å². The van der Waals surface area contributed by atoms with E-state index in [0.717, 1.165) is 44.0 Å². The summed E-state index contributed by atoms with van der Waals surface area (Å²) >= 11 is 1.80. The van der Waals surface area contributed by atoms with Gasteiger partial charge in [-0.2, -0.15) is 0 Å². The molecule has 2 aromatic heterocycles. The molecule has 5 nitrogen and oxygen atoms in total. The van der Waals surface area contributed by atoms with E-state index < -0.39 is 0 Å². The van der Waals surface area contributed by atoms with Crippen molar-refractivity contribution in [2.75, 3.05) is 29.9 Å². The van der Waals surface area contributed by atoms with Gasteiger partial charge in [0.1, 0.15) is 5.82 Å². The van der Waals surface area contributed by atoms with Crippen molar-refractivity contribution in [3.05, 3.63) is 40.2 Å². The molecular weight excluding hydrogens is 332 g/mol. The quantitative estimate of drug-likeness (QED) is 0.854. The van der Waals surface area contributed by atoms with Crippen LogP contribution >= 0.6 is 11.3 Å². The number of aromatic nitrogens is 1. The van der Waals surface area contributed by atoms with Crippen LogP contribution < -0.4 is 10.2 Å². The van der Waals surface area contributed by atoms with Crippen LogP contribution in [-0.4, -0.2) is 35.5 Å². The predicted octanol–water partition coefficient (Wildman–Crippen LogP) is 4.53. The minimum atomic E-state index is -0.0407. The van der Waals surface area contributed by atoms with E-state index in [1.807, 2.05) is 17.0 Å². The van der Waals surface area contributed by atoms with Crippen LogP contribution in [0.4, 0.5) is 16.3 Å². The van der Waals surface area contributed by atoms with E-state index in [0.29, 0.717) is 0 Å². The number of amides is 2. The summed E-state index contributed by atoms with van der Waals surface area (Å²) in [5, 5.41) is 5.14. The molecule has 0 bridgehead atoms. The third kappa shape index (κ3) is 3.63. The number of hydrogen-bond acceptors (Lipinski definition) is 4. The minimum absolute atomic E-state index is 0.0407. The average Bonchev–Trinajstić information content (AvgIpc) is 3.12. The molecule has 0 aromatic carbocycles. The topological polar surface area (TPSA) is 48.5 Å². The highest BCUT2D eigenvalue weighted by Crippen LogP contribution is 2.35. The first-order valence-corrected chi connectivity index (χ1v) is 9.90. The lowest BCUT2D eigenvalue weighted by atomic mass is 9.98. The van der Waals surface area contributed by atoms with E-state index >= 15 is 0 Å². The number of hydrogen-bond donors (Lipinski definition) is 1. The Morgan fingerprint density at radius 3 is 2.76 bits per heavy atom. The van der Waals surface area contributed by atoms with Gasteiger partial charge in [-0.05, 0) is 55.8 Å². The average molecular weight is 359 g/mol. The van der Waals surface area contributed by atoms with Crippen molar-refractivity contribution in [2.24, 2.45) is 0 Å². The molecule has 0 spiro atoms. The number of fused-ring (bicyclic) bond motifs is 1. The summed E-state index contributed by atoms with van der Waals surface area (Å²) in [6, 6.07) is 6.18. The zero-order chi connectivity index (χ0) is 17.8. The Labute approximate surface area is 153 Å². The summed E-state index contributed by atoms with van der Waals surface area (Å²) in [7, 11) is 0. The Bertz CT molecular complexity index is 708. The number of thiophene rings is 1. The van der Waals surface area contributed by atoms with Gasteiger partial charge in [-0.15, -0.1) is 11.3 Å². The van der Waals surface area contributed by atoms with Gasteiger partial charge in [0.15, 0.2) is 0 Å². The molecule has 1 aliphatic rings. The van der Waals surface area contributed by atoms with Gasteiger partial charge in [-0.3, -0.25) is 0 Å². The summed E-state index contributed by atoms with van der Waals surface area (Å²) in [6.07, 6.45) is 3.61. The SMILES string of the molecule is CCC1c2ccsc2CCN1C(=O)Nc1ccc(N(CC)CC)nc1. The van der Waals surface area contributed by atoms with Crippen LogP contribution in [0.2, 0.25) is 0 Å². The van der Waals surface area contributed by atoms with Crippen molar-refractivity contribution >= 4 is 28.9 Å². The predicted molar refractivity (Wildman–Crippen MR) is 105 cm³/mol. The van der Waals surface area contributed by atoms with Crippen LogP contribution in [0.3, 0.4) is 0 Å². The van der Waals surface area contributed by atoms with Gasteiger partial charge < -0.3 is 15.1 Å². The Balaban J connectivity index is 1.70. The van der Waals surface area contributed by atoms with Crippen LogP contribution in [0.25, 0.3) is 0 Å². The first-order chi connectivity index (χ1) is 12.2. The van der Waals surface area contributed by atoms with Crippen molar-refractivity contribution in [1.82, 2.24) is 9.88 Å². The van der Waals surface area contributed by atoms with Gasteiger partial charge in [0, 0.05) is 24.5 Å². The molecule has 0 fully saturated rings. The first kappa shape index (κ1) is 17.7. The molecule has 1 N–H and O–H groups in total. The number of carbonyl (C=O) groups is 1. The number of pyridine rings is 1. The first-order valence-electron chi connectivity index (χ1n) is 9.02. The van der Waals surface area contributed by atoms with E-state index in [9.17, 15) is 4.79 Å². The summed E-state index contributed by atoms with van der Waals surface area (Å²) in [4.78, 5) is 22.8. The molecule has 1 aliphatic heterocycles. The van der Waals surface area contributed by atoms with E-state index in [1.54, 1.807) is 17.5 Å².